The maximum Gasteiger partial charge on any atom is 0.119 e. The van der Waals surface area contributed by atoms with Crippen LogP contribution < -0.4 is 4.74 Å². The molecule has 1 nitrogen and oxygen atoms in total. The molecular formula is C13H20OS. The fourth-order valence-electron chi connectivity index (χ4n) is 1.60. The number of unbranched alkanes of at least 4 members (excludes halogenated alkanes) is 2. The van der Waals surface area contributed by atoms with Crippen molar-refractivity contribution in [2.24, 2.45) is 0 Å². The lowest BCUT2D eigenvalue weighted by Gasteiger charge is -2.07. The predicted molar refractivity (Wildman–Crippen MR) is 69.1 cm³/mol. The summed E-state index contributed by atoms with van der Waals surface area (Å²) in [5.74, 6) is 1.97. The first-order chi connectivity index (χ1) is 7.22. The van der Waals surface area contributed by atoms with Crippen molar-refractivity contribution >= 4 is 12.6 Å². The highest BCUT2D eigenvalue weighted by molar-refractivity contribution is 7.80. The zero-order valence-electron chi connectivity index (χ0n) is 9.62. The summed E-state index contributed by atoms with van der Waals surface area (Å²) in [6.07, 6.45) is 3.50. The van der Waals surface area contributed by atoms with Crippen LogP contribution in [0.4, 0.5) is 0 Å². The highest BCUT2D eigenvalue weighted by Gasteiger charge is 1.96. The third kappa shape index (κ3) is 5.12. The second kappa shape index (κ2) is 6.78. The van der Waals surface area contributed by atoms with E-state index in [-0.39, 0.29) is 0 Å². The average Bonchev–Trinajstić information content (AvgIpc) is 2.16. The summed E-state index contributed by atoms with van der Waals surface area (Å²) in [5.41, 5.74) is 2.53. The van der Waals surface area contributed by atoms with Crippen molar-refractivity contribution < 1.29 is 4.74 Å². The molecule has 0 unspecified atom stereocenters. The highest BCUT2D eigenvalue weighted by atomic mass is 32.1. The normalized spacial score (nSPS) is 10.3. The quantitative estimate of drug-likeness (QED) is 0.571. The van der Waals surface area contributed by atoms with Crippen LogP contribution >= 0.6 is 12.6 Å². The lowest BCUT2D eigenvalue weighted by molar-refractivity contribution is 0.306. The van der Waals surface area contributed by atoms with Crippen molar-refractivity contribution in [2.75, 3.05) is 12.4 Å². The molecule has 0 heterocycles. The van der Waals surface area contributed by atoms with E-state index < -0.39 is 0 Å². The van der Waals surface area contributed by atoms with Crippen LogP contribution in [0.15, 0.2) is 18.2 Å². The molecule has 1 aromatic rings. The van der Waals surface area contributed by atoms with Gasteiger partial charge in [-0.3, -0.25) is 0 Å². The maximum absolute atomic E-state index is 5.69. The highest BCUT2D eigenvalue weighted by Crippen LogP contribution is 2.16. The Hall–Kier alpha value is -0.630. The molecule has 0 amide bonds. The monoisotopic (exact) mass is 224 g/mol. The summed E-state index contributed by atoms with van der Waals surface area (Å²) in [4.78, 5) is 0. The van der Waals surface area contributed by atoms with Gasteiger partial charge in [0.1, 0.15) is 5.75 Å². The second-order valence-electron chi connectivity index (χ2n) is 3.96. The van der Waals surface area contributed by atoms with Crippen LogP contribution in [0.3, 0.4) is 0 Å². The smallest absolute Gasteiger partial charge is 0.119 e. The molecule has 0 atom stereocenters. The van der Waals surface area contributed by atoms with E-state index >= 15 is 0 Å². The summed E-state index contributed by atoms with van der Waals surface area (Å²) in [6.45, 7) is 5.01. The van der Waals surface area contributed by atoms with Crippen LogP contribution in [0.1, 0.15) is 30.4 Å². The lowest BCUT2D eigenvalue weighted by atomic mass is 10.1. The minimum atomic E-state index is 0.816. The second-order valence-corrected chi connectivity index (χ2v) is 4.40. The molecule has 0 saturated carbocycles. The van der Waals surface area contributed by atoms with Gasteiger partial charge in [0.25, 0.3) is 0 Å². The molecule has 15 heavy (non-hydrogen) atoms. The SMILES string of the molecule is Cc1cc(C)cc(OCCCCCS)c1. The van der Waals surface area contributed by atoms with Crippen LogP contribution in [0.2, 0.25) is 0 Å². The van der Waals surface area contributed by atoms with Gasteiger partial charge in [-0.2, -0.15) is 12.6 Å². The van der Waals surface area contributed by atoms with E-state index in [1.54, 1.807) is 0 Å². The molecule has 2 heteroatoms. The minimum absolute atomic E-state index is 0.816. The van der Waals surface area contributed by atoms with Crippen molar-refractivity contribution in [3.05, 3.63) is 29.3 Å². The molecule has 0 fully saturated rings. The Labute approximate surface area is 98.3 Å². The number of benzene rings is 1. The van der Waals surface area contributed by atoms with Crippen LogP contribution in [0.25, 0.3) is 0 Å². The molecule has 0 N–H and O–H groups in total. The van der Waals surface area contributed by atoms with Gasteiger partial charge in [0.15, 0.2) is 0 Å². The molecule has 1 aromatic carbocycles. The number of aryl methyl sites for hydroxylation is 2. The molecule has 84 valence electrons. The van der Waals surface area contributed by atoms with Gasteiger partial charge in [-0.1, -0.05) is 6.07 Å². The largest absolute Gasteiger partial charge is 0.494 e. The van der Waals surface area contributed by atoms with Gasteiger partial charge in [0, 0.05) is 0 Å². The number of thiol groups is 1. The Morgan fingerprint density at radius 2 is 1.67 bits per heavy atom. The van der Waals surface area contributed by atoms with Crippen LogP contribution in [0.5, 0.6) is 5.75 Å². The molecule has 0 aliphatic rings. The maximum atomic E-state index is 5.69. The predicted octanol–water partition coefficient (Wildman–Crippen LogP) is 3.78. The molecular weight excluding hydrogens is 204 g/mol. The summed E-state index contributed by atoms with van der Waals surface area (Å²) >= 11 is 4.18. The fourth-order valence-corrected chi connectivity index (χ4v) is 1.82. The Morgan fingerprint density at radius 1 is 1.00 bits per heavy atom. The third-order valence-corrected chi connectivity index (χ3v) is 2.58. The first-order valence-corrected chi connectivity index (χ1v) is 6.17. The summed E-state index contributed by atoms with van der Waals surface area (Å²) < 4.78 is 5.69. The molecule has 0 aliphatic carbocycles. The van der Waals surface area contributed by atoms with Crippen LogP contribution in [0, 0.1) is 13.8 Å². The number of hydrogen-bond acceptors (Lipinski definition) is 2. The molecule has 1 rings (SSSR count). The summed E-state index contributed by atoms with van der Waals surface area (Å²) in [7, 11) is 0. The van der Waals surface area contributed by atoms with Gasteiger partial charge < -0.3 is 4.74 Å². The zero-order chi connectivity index (χ0) is 11.1. The Bertz CT molecular complexity index is 276. The van der Waals surface area contributed by atoms with Crippen LogP contribution in [-0.2, 0) is 0 Å². The topological polar surface area (TPSA) is 9.23 Å². The number of hydrogen-bond donors (Lipinski definition) is 1. The Morgan fingerprint density at radius 3 is 2.27 bits per heavy atom. The first-order valence-electron chi connectivity index (χ1n) is 5.54. The van der Waals surface area contributed by atoms with Crippen molar-refractivity contribution in [1.82, 2.24) is 0 Å². The lowest BCUT2D eigenvalue weighted by Crippen LogP contribution is -1.98. The minimum Gasteiger partial charge on any atom is -0.494 e. The van der Waals surface area contributed by atoms with E-state index in [1.165, 1.54) is 24.0 Å². The molecule has 0 aromatic heterocycles. The van der Waals surface area contributed by atoms with E-state index in [9.17, 15) is 0 Å². The van der Waals surface area contributed by atoms with Gasteiger partial charge >= 0.3 is 0 Å². The van der Waals surface area contributed by atoms with Crippen molar-refractivity contribution in [1.29, 1.82) is 0 Å². The fraction of sp³-hybridized carbons (Fsp3) is 0.538. The molecule has 0 bridgehead atoms. The summed E-state index contributed by atoms with van der Waals surface area (Å²) in [5, 5.41) is 0. The molecule has 0 aliphatic heterocycles. The van der Waals surface area contributed by atoms with Crippen molar-refractivity contribution in [3.63, 3.8) is 0 Å². The average molecular weight is 224 g/mol. The van der Waals surface area contributed by atoms with E-state index in [0.717, 1.165) is 24.5 Å². The summed E-state index contributed by atoms with van der Waals surface area (Å²) in [6, 6.07) is 6.34. The van der Waals surface area contributed by atoms with E-state index in [4.69, 9.17) is 4.74 Å². The zero-order valence-corrected chi connectivity index (χ0v) is 10.5. The van der Waals surface area contributed by atoms with Gasteiger partial charge in [0.05, 0.1) is 6.61 Å². The number of rotatable bonds is 6. The van der Waals surface area contributed by atoms with Crippen LogP contribution in [-0.4, -0.2) is 12.4 Å². The molecule has 0 spiro atoms. The van der Waals surface area contributed by atoms with Gasteiger partial charge in [-0.25, -0.2) is 0 Å². The van der Waals surface area contributed by atoms with Gasteiger partial charge in [0.2, 0.25) is 0 Å². The van der Waals surface area contributed by atoms with E-state index in [1.807, 2.05) is 0 Å². The van der Waals surface area contributed by atoms with E-state index in [2.05, 4.69) is 44.7 Å². The van der Waals surface area contributed by atoms with Crippen molar-refractivity contribution in [3.8, 4) is 5.75 Å². The standard InChI is InChI=1S/C13H20OS/c1-11-8-12(2)10-13(9-11)14-6-4-3-5-7-15/h8-10,15H,3-7H2,1-2H3. The Balaban J connectivity index is 2.31. The Kier molecular flexibility index (Phi) is 5.62. The molecule has 0 saturated heterocycles. The van der Waals surface area contributed by atoms with Gasteiger partial charge in [-0.05, 0) is 62.1 Å². The molecule has 0 radical (unpaired) electrons. The van der Waals surface area contributed by atoms with E-state index in [0.29, 0.717) is 0 Å². The van der Waals surface area contributed by atoms with Gasteiger partial charge in [-0.15, -0.1) is 0 Å². The number of ether oxygens (including phenoxy) is 1. The first kappa shape index (κ1) is 12.4. The van der Waals surface area contributed by atoms with Crippen molar-refractivity contribution in [2.45, 2.75) is 33.1 Å². The third-order valence-electron chi connectivity index (χ3n) is 2.27.